The first-order valence-electron chi connectivity index (χ1n) is 8.06. The summed E-state index contributed by atoms with van der Waals surface area (Å²) in [5, 5.41) is 7.11. The third-order valence-corrected chi connectivity index (χ3v) is 6.60. The molecule has 0 radical (unpaired) electrons. The normalized spacial score (nSPS) is 14.4. The van der Waals surface area contributed by atoms with Gasteiger partial charge in [-0.1, -0.05) is 12.1 Å². The molecular weight excluding hydrogens is 424 g/mol. The zero-order chi connectivity index (χ0) is 17.8. The van der Waals surface area contributed by atoms with Gasteiger partial charge in [-0.3, -0.25) is 4.79 Å². The Balaban J connectivity index is 1.83. The zero-order valence-electron chi connectivity index (χ0n) is 14.1. The van der Waals surface area contributed by atoms with Crippen molar-refractivity contribution in [3.05, 3.63) is 37.3 Å². The van der Waals surface area contributed by atoms with Crippen molar-refractivity contribution in [2.24, 2.45) is 5.16 Å². The third kappa shape index (κ3) is 4.43. The van der Waals surface area contributed by atoms with Crippen LogP contribution in [0.1, 0.15) is 35.6 Å². The standard InChI is InChI=1S/C17H19BrN2O3S2/c1-3-7-22-19-17(16-13(18)5-8-24-16)20-6-4-14-12(10-20)9-15(25-14)23-11(2)21/h5,8-9H,3-4,6-7,10H2,1-2H3/b19-17-. The predicted octanol–water partition coefficient (Wildman–Crippen LogP) is 4.64. The van der Waals surface area contributed by atoms with Gasteiger partial charge in [-0.15, -0.1) is 22.7 Å². The summed E-state index contributed by atoms with van der Waals surface area (Å²) in [6.45, 7) is 5.67. The SMILES string of the molecule is CCCO/N=C(/c1sccc1Br)N1CCc2sc(OC(C)=O)cc2C1. The van der Waals surface area contributed by atoms with Crippen molar-refractivity contribution in [2.45, 2.75) is 33.2 Å². The number of hydrogen-bond acceptors (Lipinski definition) is 6. The molecule has 3 heterocycles. The van der Waals surface area contributed by atoms with Crippen molar-refractivity contribution < 1.29 is 14.4 Å². The molecule has 0 aromatic carbocycles. The van der Waals surface area contributed by atoms with Crippen LogP contribution in [0.15, 0.2) is 27.1 Å². The second-order valence-electron chi connectivity index (χ2n) is 5.62. The molecule has 0 N–H and O–H groups in total. The highest BCUT2D eigenvalue weighted by atomic mass is 79.9. The molecular formula is C17H19BrN2O3S2. The molecule has 0 amide bonds. The topological polar surface area (TPSA) is 51.1 Å². The van der Waals surface area contributed by atoms with Crippen LogP contribution in [0, 0.1) is 0 Å². The average Bonchev–Trinajstić information content (AvgIpc) is 3.16. The molecule has 0 aliphatic carbocycles. The van der Waals surface area contributed by atoms with E-state index in [-0.39, 0.29) is 5.97 Å². The number of hydrogen-bond donors (Lipinski definition) is 0. The molecule has 2 aromatic rings. The van der Waals surface area contributed by atoms with Gasteiger partial charge in [0.2, 0.25) is 0 Å². The lowest BCUT2D eigenvalue weighted by molar-refractivity contribution is -0.131. The minimum absolute atomic E-state index is 0.284. The van der Waals surface area contributed by atoms with Crippen LogP contribution in [0.5, 0.6) is 5.06 Å². The molecule has 0 spiro atoms. The Kier molecular flexibility index (Phi) is 6.14. The molecule has 0 unspecified atom stereocenters. The van der Waals surface area contributed by atoms with Crippen molar-refractivity contribution in [1.82, 2.24) is 4.90 Å². The second kappa shape index (κ2) is 8.33. The highest BCUT2D eigenvalue weighted by Gasteiger charge is 2.25. The van der Waals surface area contributed by atoms with Crippen molar-refractivity contribution in [3.8, 4) is 5.06 Å². The molecule has 25 heavy (non-hydrogen) atoms. The van der Waals surface area contributed by atoms with Gasteiger partial charge >= 0.3 is 5.97 Å². The van der Waals surface area contributed by atoms with Gasteiger partial charge in [-0.2, -0.15) is 0 Å². The van der Waals surface area contributed by atoms with E-state index >= 15 is 0 Å². The fourth-order valence-corrected chi connectivity index (χ4v) is 5.18. The van der Waals surface area contributed by atoms with E-state index < -0.39 is 0 Å². The van der Waals surface area contributed by atoms with Gasteiger partial charge in [0.05, 0.1) is 4.88 Å². The molecule has 0 atom stereocenters. The van der Waals surface area contributed by atoms with E-state index in [2.05, 4.69) is 32.9 Å². The van der Waals surface area contributed by atoms with E-state index in [1.807, 2.05) is 17.5 Å². The third-order valence-electron chi connectivity index (χ3n) is 3.65. The number of oxime groups is 1. The lowest BCUT2D eigenvalue weighted by atomic mass is 10.1. The summed E-state index contributed by atoms with van der Waals surface area (Å²) in [6, 6.07) is 3.98. The van der Waals surface area contributed by atoms with E-state index in [0.29, 0.717) is 11.7 Å². The van der Waals surface area contributed by atoms with E-state index in [1.54, 1.807) is 22.7 Å². The van der Waals surface area contributed by atoms with Crippen LogP contribution < -0.4 is 4.74 Å². The van der Waals surface area contributed by atoms with Gasteiger partial charge < -0.3 is 14.5 Å². The fraction of sp³-hybridized carbons (Fsp3) is 0.412. The number of esters is 1. The number of carbonyl (C=O) groups excluding carboxylic acids is 1. The smallest absolute Gasteiger partial charge is 0.308 e. The van der Waals surface area contributed by atoms with Crippen LogP contribution in [0.3, 0.4) is 0 Å². The summed E-state index contributed by atoms with van der Waals surface area (Å²) >= 11 is 6.79. The summed E-state index contributed by atoms with van der Waals surface area (Å²) in [5.41, 5.74) is 1.18. The van der Waals surface area contributed by atoms with Crippen LogP contribution in [0.25, 0.3) is 0 Å². The summed E-state index contributed by atoms with van der Waals surface area (Å²) in [7, 11) is 0. The molecule has 2 aromatic heterocycles. The van der Waals surface area contributed by atoms with Gasteiger partial charge in [0.15, 0.2) is 10.9 Å². The van der Waals surface area contributed by atoms with Gasteiger partial charge in [0.1, 0.15) is 6.61 Å². The maximum Gasteiger partial charge on any atom is 0.308 e. The quantitative estimate of drug-likeness (QED) is 0.222. The van der Waals surface area contributed by atoms with Gasteiger partial charge in [-0.25, -0.2) is 0 Å². The van der Waals surface area contributed by atoms with Crippen molar-refractivity contribution in [1.29, 1.82) is 0 Å². The highest BCUT2D eigenvalue weighted by molar-refractivity contribution is 9.10. The Morgan fingerprint density at radius 3 is 3.00 bits per heavy atom. The van der Waals surface area contributed by atoms with Crippen molar-refractivity contribution in [3.63, 3.8) is 0 Å². The molecule has 3 rings (SSSR count). The summed E-state index contributed by atoms with van der Waals surface area (Å²) < 4.78 is 6.26. The molecule has 5 nitrogen and oxygen atoms in total. The Labute approximate surface area is 163 Å². The first kappa shape index (κ1) is 18.4. The van der Waals surface area contributed by atoms with Gasteiger partial charge in [0, 0.05) is 29.4 Å². The summed E-state index contributed by atoms with van der Waals surface area (Å²) in [6.07, 6.45) is 1.82. The Bertz CT molecular complexity index is 785. The van der Waals surface area contributed by atoms with E-state index in [9.17, 15) is 4.79 Å². The summed E-state index contributed by atoms with van der Waals surface area (Å²) in [5.74, 6) is 0.564. The van der Waals surface area contributed by atoms with Crippen LogP contribution >= 0.6 is 38.6 Å². The Morgan fingerprint density at radius 2 is 2.32 bits per heavy atom. The maximum absolute atomic E-state index is 11.2. The van der Waals surface area contributed by atoms with Gasteiger partial charge in [0.25, 0.3) is 0 Å². The predicted molar refractivity (Wildman–Crippen MR) is 105 cm³/mol. The lowest BCUT2D eigenvalue weighted by Gasteiger charge is -2.29. The zero-order valence-corrected chi connectivity index (χ0v) is 17.3. The second-order valence-corrected chi connectivity index (χ2v) is 8.49. The number of ether oxygens (including phenoxy) is 1. The first-order chi connectivity index (χ1) is 12.1. The Hall–Kier alpha value is -1.38. The van der Waals surface area contributed by atoms with Crippen LogP contribution in [-0.2, 0) is 22.6 Å². The molecule has 0 bridgehead atoms. The minimum Gasteiger partial charge on any atom is -0.416 e. The molecule has 0 saturated heterocycles. The average molecular weight is 443 g/mol. The molecule has 0 fully saturated rings. The Morgan fingerprint density at radius 1 is 1.48 bits per heavy atom. The van der Waals surface area contributed by atoms with Crippen LogP contribution in [-0.4, -0.2) is 29.9 Å². The number of nitrogens with zero attached hydrogens (tertiary/aromatic N) is 2. The monoisotopic (exact) mass is 442 g/mol. The molecule has 8 heteroatoms. The number of carbonyl (C=O) groups is 1. The molecule has 1 aliphatic rings. The summed E-state index contributed by atoms with van der Waals surface area (Å²) in [4.78, 5) is 21.2. The van der Waals surface area contributed by atoms with E-state index in [0.717, 1.165) is 41.1 Å². The fourth-order valence-electron chi connectivity index (χ4n) is 2.57. The van der Waals surface area contributed by atoms with Crippen molar-refractivity contribution in [2.75, 3.05) is 13.2 Å². The minimum atomic E-state index is -0.284. The lowest BCUT2D eigenvalue weighted by Crippen LogP contribution is -2.36. The van der Waals surface area contributed by atoms with Crippen LogP contribution in [0.4, 0.5) is 0 Å². The highest BCUT2D eigenvalue weighted by Crippen LogP contribution is 2.35. The maximum atomic E-state index is 11.2. The van der Waals surface area contributed by atoms with E-state index in [4.69, 9.17) is 9.57 Å². The number of amidine groups is 1. The number of thiophene rings is 2. The van der Waals surface area contributed by atoms with Crippen molar-refractivity contribution >= 4 is 50.4 Å². The molecule has 0 saturated carbocycles. The van der Waals surface area contributed by atoms with E-state index in [1.165, 1.54) is 17.4 Å². The number of fused-ring (bicyclic) bond motifs is 1. The number of halogens is 1. The first-order valence-corrected chi connectivity index (χ1v) is 10.6. The largest absolute Gasteiger partial charge is 0.416 e. The van der Waals surface area contributed by atoms with Gasteiger partial charge in [-0.05, 0) is 51.8 Å². The molecule has 1 aliphatic heterocycles. The molecule has 134 valence electrons. The number of rotatable bonds is 5. The van der Waals surface area contributed by atoms with Crippen LogP contribution in [0.2, 0.25) is 0 Å².